The summed E-state index contributed by atoms with van der Waals surface area (Å²) < 4.78 is 55.4. The van der Waals surface area contributed by atoms with Crippen LogP contribution < -0.4 is 14.8 Å². The van der Waals surface area contributed by atoms with Gasteiger partial charge in [-0.2, -0.15) is 0 Å². The van der Waals surface area contributed by atoms with E-state index < -0.39 is 26.0 Å². The molecule has 0 unspecified atom stereocenters. The van der Waals surface area contributed by atoms with Crippen molar-refractivity contribution in [2.45, 2.75) is 23.6 Å². The van der Waals surface area contributed by atoms with E-state index in [0.29, 0.717) is 22.6 Å². The van der Waals surface area contributed by atoms with E-state index in [2.05, 4.69) is 14.8 Å². The summed E-state index contributed by atoms with van der Waals surface area (Å²) in [5.41, 5.74) is 3.44. The maximum absolute atomic E-state index is 12.6. The first-order valence-electron chi connectivity index (χ1n) is 11.2. The van der Waals surface area contributed by atoms with E-state index in [1.54, 1.807) is 24.3 Å². The minimum Gasteiger partial charge on any atom is -0.322 e. The number of nitrogens with one attached hydrogen (secondary N) is 3. The van der Waals surface area contributed by atoms with Crippen LogP contribution in [0.1, 0.15) is 21.5 Å². The third-order valence-corrected chi connectivity index (χ3v) is 8.25. The van der Waals surface area contributed by atoms with Crippen LogP contribution in [0.15, 0.2) is 107 Å². The number of hydrogen-bond donors (Lipinski definition) is 3. The van der Waals surface area contributed by atoms with Gasteiger partial charge in [-0.1, -0.05) is 35.4 Å². The number of rotatable bonds is 8. The highest BCUT2D eigenvalue weighted by Crippen LogP contribution is 2.21. The van der Waals surface area contributed by atoms with Gasteiger partial charge in [0.25, 0.3) is 26.0 Å². The lowest BCUT2D eigenvalue weighted by Crippen LogP contribution is -2.15. The zero-order valence-electron chi connectivity index (χ0n) is 20.1. The molecule has 0 heterocycles. The van der Waals surface area contributed by atoms with Crippen molar-refractivity contribution in [2.75, 3.05) is 14.8 Å². The van der Waals surface area contributed by atoms with Crippen LogP contribution >= 0.6 is 0 Å². The van der Waals surface area contributed by atoms with Crippen molar-refractivity contribution in [3.63, 3.8) is 0 Å². The Labute approximate surface area is 216 Å². The molecule has 10 heteroatoms. The Morgan fingerprint density at radius 3 is 1.32 bits per heavy atom. The monoisotopic (exact) mass is 535 g/mol. The number of anilines is 3. The summed E-state index contributed by atoms with van der Waals surface area (Å²) in [5.74, 6) is -0.429. The van der Waals surface area contributed by atoms with Crippen molar-refractivity contribution in [1.82, 2.24) is 0 Å². The Kier molecular flexibility index (Phi) is 7.33. The molecule has 0 aliphatic carbocycles. The molecule has 0 fully saturated rings. The first-order chi connectivity index (χ1) is 17.5. The number of carbonyl (C=O) groups excluding carboxylic acids is 1. The maximum atomic E-state index is 12.6. The Hall–Kier alpha value is -4.15. The van der Waals surface area contributed by atoms with Crippen LogP contribution in [0.2, 0.25) is 0 Å². The van der Waals surface area contributed by atoms with Crippen molar-refractivity contribution < 1.29 is 21.6 Å². The topological polar surface area (TPSA) is 121 Å². The Bertz CT molecular complexity index is 1610. The summed E-state index contributed by atoms with van der Waals surface area (Å²) >= 11 is 0. The predicted molar refractivity (Wildman–Crippen MR) is 145 cm³/mol. The van der Waals surface area contributed by atoms with Crippen molar-refractivity contribution in [2.24, 2.45) is 0 Å². The van der Waals surface area contributed by atoms with Gasteiger partial charge < -0.3 is 5.32 Å². The van der Waals surface area contributed by atoms with Gasteiger partial charge in [-0.05, 0) is 86.6 Å². The summed E-state index contributed by atoms with van der Waals surface area (Å²) in [6.45, 7) is 3.78. The smallest absolute Gasteiger partial charge is 0.261 e. The average molecular weight is 536 g/mol. The molecule has 37 heavy (non-hydrogen) atoms. The van der Waals surface area contributed by atoms with Crippen LogP contribution in [-0.2, 0) is 20.0 Å². The zero-order chi connectivity index (χ0) is 26.6. The van der Waals surface area contributed by atoms with Gasteiger partial charge in [0.2, 0.25) is 0 Å². The molecule has 0 aliphatic heterocycles. The molecule has 0 spiro atoms. The molecule has 3 N–H and O–H groups in total. The van der Waals surface area contributed by atoms with Crippen LogP contribution in [0.25, 0.3) is 0 Å². The van der Waals surface area contributed by atoms with E-state index in [4.69, 9.17) is 0 Å². The molecule has 8 nitrogen and oxygen atoms in total. The van der Waals surface area contributed by atoms with E-state index >= 15 is 0 Å². The highest BCUT2D eigenvalue weighted by atomic mass is 32.2. The van der Waals surface area contributed by atoms with Crippen LogP contribution in [0.5, 0.6) is 0 Å². The van der Waals surface area contributed by atoms with E-state index in [1.807, 2.05) is 26.0 Å². The van der Waals surface area contributed by atoms with Crippen LogP contribution in [-0.4, -0.2) is 22.7 Å². The molecule has 0 bridgehead atoms. The fourth-order valence-electron chi connectivity index (χ4n) is 3.38. The molecule has 0 saturated heterocycles. The van der Waals surface area contributed by atoms with Crippen molar-refractivity contribution in [3.8, 4) is 0 Å². The molecule has 0 aromatic heterocycles. The Morgan fingerprint density at radius 1 is 0.514 bits per heavy atom. The lowest BCUT2D eigenvalue weighted by atomic mass is 10.2. The van der Waals surface area contributed by atoms with Crippen LogP contribution in [0.4, 0.5) is 17.1 Å². The second kappa shape index (κ2) is 10.5. The molecule has 4 aromatic carbocycles. The van der Waals surface area contributed by atoms with Gasteiger partial charge in [-0.3, -0.25) is 14.2 Å². The average Bonchev–Trinajstić information content (AvgIpc) is 2.86. The minimum absolute atomic E-state index is 0.0521. The van der Waals surface area contributed by atoms with Gasteiger partial charge in [-0.25, -0.2) is 16.8 Å². The molecule has 4 aromatic rings. The fourth-order valence-corrected chi connectivity index (χ4v) is 5.49. The quantitative estimate of drug-likeness (QED) is 0.288. The summed E-state index contributed by atoms with van der Waals surface area (Å²) in [6, 6.07) is 25.2. The second-order valence-corrected chi connectivity index (χ2v) is 11.8. The molecule has 1 amide bonds. The third-order valence-electron chi connectivity index (χ3n) is 5.46. The molecule has 0 aliphatic rings. The predicted octanol–water partition coefficient (Wildman–Crippen LogP) is 5.16. The van der Waals surface area contributed by atoms with Gasteiger partial charge in [0, 0.05) is 22.6 Å². The number of benzene rings is 4. The highest BCUT2D eigenvalue weighted by molar-refractivity contribution is 7.93. The molecule has 0 radical (unpaired) electrons. The molecular weight excluding hydrogens is 510 g/mol. The van der Waals surface area contributed by atoms with E-state index in [0.717, 1.165) is 11.1 Å². The second-order valence-electron chi connectivity index (χ2n) is 8.45. The molecule has 4 rings (SSSR count). The van der Waals surface area contributed by atoms with Gasteiger partial charge in [0.1, 0.15) is 0 Å². The lowest BCUT2D eigenvalue weighted by molar-refractivity contribution is 0.102. The SMILES string of the molecule is Cc1ccc(NS(=O)(=O)c2ccc(NC(=O)c3ccc(NS(=O)(=O)c4ccc(C)cc4)cc3)cc2)cc1. The zero-order valence-corrected chi connectivity index (χ0v) is 21.7. The Balaban J connectivity index is 1.39. The molecule has 0 atom stereocenters. The number of amides is 1. The lowest BCUT2D eigenvalue weighted by Gasteiger charge is -2.11. The van der Waals surface area contributed by atoms with Crippen molar-refractivity contribution in [3.05, 3.63) is 114 Å². The summed E-state index contributed by atoms with van der Waals surface area (Å²) in [6.07, 6.45) is 0. The van der Waals surface area contributed by atoms with Gasteiger partial charge in [0.05, 0.1) is 9.79 Å². The summed E-state index contributed by atoms with van der Waals surface area (Å²) in [7, 11) is -7.54. The number of carbonyl (C=O) groups is 1. The number of aryl methyl sites for hydroxylation is 2. The summed E-state index contributed by atoms with van der Waals surface area (Å²) in [4.78, 5) is 12.8. The molecule has 0 saturated carbocycles. The number of sulfonamides is 2. The van der Waals surface area contributed by atoms with E-state index in [9.17, 15) is 21.6 Å². The third kappa shape index (κ3) is 6.54. The Morgan fingerprint density at radius 2 is 0.865 bits per heavy atom. The van der Waals surface area contributed by atoms with Gasteiger partial charge in [-0.15, -0.1) is 0 Å². The first-order valence-corrected chi connectivity index (χ1v) is 14.2. The highest BCUT2D eigenvalue weighted by Gasteiger charge is 2.16. The maximum Gasteiger partial charge on any atom is 0.261 e. The van der Waals surface area contributed by atoms with Gasteiger partial charge in [0.15, 0.2) is 0 Å². The van der Waals surface area contributed by atoms with E-state index in [1.165, 1.54) is 60.7 Å². The van der Waals surface area contributed by atoms with E-state index in [-0.39, 0.29) is 9.79 Å². The number of hydrogen-bond acceptors (Lipinski definition) is 5. The van der Waals surface area contributed by atoms with Crippen LogP contribution in [0, 0.1) is 13.8 Å². The van der Waals surface area contributed by atoms with Crippen molar-refractivity contribution >= 4 is 43.0 Å². The van der Waals surface area contributed by atoms with Crippen LogP contribution in [0.3, 0.4) is 0 Å². The van der Waals surface area contributed by atoms with Crippen molar-refractivity contribution in [1.29, 1.82) is 0 Å². The standard InChI is InChI=1S/C27H25N3O5S2/c1-19-3-9-23(10-4-19)29-37(34,35)26-17-13-22(14-18-26)28-27(31)21-7-11-24(12-8-21)30-36(32,33)25-15-5-20(2)6-16-25/h3-18,29-30H,1-2H3,(H,28,31). The largest absolute Gasteiger partial charge is 0.322 e. The molecular formula is C27H25N3O5S2. The first kappa shape index (κ1) is 25.9. The molecule has 190 valence electrons. The fraction of sp³-hybridized carbons (Fsp3) is 0.0741. The minimum atomic E-state index is -3.78. The normalized spacial score (nSPS) is 11.5. The van der Waals surface area contributed by atoms with Gasteiger partial charge >= 0.3 is 0 Å². The summed E-state index contributed by atoms with van der Waals surface area (Å²) in [5, 5.41) is 2.70.